The third kappa shape index (κ3) is 5.35. The van der Waals surface area contributed by atoms with Gasteiger partial charge in [-0.15, -0.1) is 12.4 Å². The number of ether oxygens (including phenoxy) is 1. The van der Waals surface area contributed by atoms with E-state index in [-0.39, 0.29) is 18.1 Å². The quantitative estimate of drug-likeness (QED) is 0.869. The van der Waals surface area contributed by atoms with Gasteiger partial charge >= 0.3 is 5.97 Å². The molecule has 0 spiro atoms. The van der Waals surface area contributed by atoms with Crippen molar-refractivity contribution >= 4 is 30.0 Å². The standard InChI is InChI=1S/C13H17ClN2O2.ClH/c14-11-3-7-16-12(9-11)13(17)18-8-4-10-1-5-15-6-2-10;/h3,7,9-10,15H,1-2,4-6,8H2;1H. The van der Waals surface area contributed by atoms with Crippen LogP contribution in [0.1, 0.15) is 29.8 Å². The monoisotopic (exact) mass is 304 g/mol. The second-order valence-electron chi connectivity index (χ2n) is 4.48. The van der Waals surface area contributed by atoms with Gasteiger partial charge in [0, 0.05) is 11.2 Å². The second kappa shape index (κ2) is 8.35. The maximum atomic E-state index is 11.7. The number of esters is 1. The molecule has 0 amide bonds. The smallest absolute Gasteiger partial charge is 0.356 e. The zero-order chi connectivity index (χ0) is 12.8. The molecule has 1 aromatic rings. The second-order valence-corrected chi connectivity index (χ2v) is 4.91. The number of nitrogens with one attached hydrogen (secondary N) is 1. The van der Waals surface area contributed by atoms with Gasteiger partial charge in [-0.05, 0) is 50.4 Å². The fourth-order valence-corrected chi connectivity index (χ4v) is 2.24. The lowest BCUT2D eigenvalue weighted by atomic mass is 9.95. The first-order valence-electron chi connectivity index (χ1n) is 6.25. The Morgan fingerprint density at radius 2 is 2.21 bits per heavy atom. The number of halogens is 2. The molecule has 2 heterocycles. The maximum Gasteiger partial charge on any atom is 0.356 e. The van der Waals surface area contributed by atoms with Crippen molar-refractivity contribution in [1.29, 1.82) is 0 Å². The van der Waals surface area contributed by atoms with Gasteiger partial charge in [-0.2, -0.15) is 0 Å². The topological polar surface area (TPSA) is 51.2 Å². The Kier molecular flexibility index (Phi) is 7.13. The van der Waals surface area contributed by atoms with Gasteiger partial charge in [0.15, 0.2) is 0 Å². The van der Waals surface area contributed by atoms with E-state index in [1.807, 2.05) is 0 Å². The van der Waals surface area contributed by atoms with Crippen molar-refractivity contribution in [3.8, 4) is 0 Å². The van der Waals surface area contributed by atoms with Crippen LogP contribution in [0.3, 0.4) is 0 Å². The van der Waals surface area contributed by atoms with Crippen LogP contribution in [0.2, 0.25) is 5.02 Å². The zero-order valence-electron chi connectivity index (χ0n) is 10.6. The van der Waals surface area contributed by atoms with Gasteiger partial charge in [-0.25, -0.2) is 9.78 Å². The molecule has 1 saturated heterocycles. The number of pyridine rings is 1. The summed E-state index contributed by atoms with van der Waals surface area (Å²) in [4.78, 5) is 15.6. The van der Waals surface area contributed by atoms with Gasteiger partial charge in [0.25, 0.3) is 0 Å². The van der Waals surface area contributed by atoms with Crippen LogP contribution in [0.25, 0.3) is 0 Å². The van der Waals surface area contributed by atoms with Gasteiger partial charge in [0.05, 0.1) is 6.61 Å². The van der Waals surface area contributed by atoms with Crippen LogP contribution in [0.4, 0.5) is 0 Å². The summed E-state index contributed by atoms with van der Waals surface area (Å²) in [5.74, 6) is 0.262. The molecule has 1 aromatic heterocycles. The minimum Gasteiger partial charge on any atom is -0.461 e. The van der Waals surface area contributed by atoms with Crippen molar-refractivity contribution in [2.45, 2.75) is 19.3 Å². The average molecular weight is 305 g/mol. The third-order valence-corrected chi connectivity index (χ3v) is 3.38. The van der Waals surface area contributed by atoms with Crippen LogP contribution < -0.4 is 5.32 Å². The third-order valence-electron chi connectivity index (χ3n) is 3.15. The normalized spacial score (nSPS) is 15.6. The summed E-state index contributed by atoms with van der Waals surface area (Å²) in [7, 11) is 0. The highest BCUT2D eigenvalue weighted by Gasteiger charge is 2.14. The van der Waals surface area contributed by atoms with E-state index in [1.54, 1.807) is 6.07 Å². The summed E-state index contributed by atoms with van der Waals surface area (Å²) in [6.07, 6.45) is 4.75. The number of nitrogens with zero attached hydrogens (tertiary/aromatic N) is 1. The molecule has 0 aromatic carbocycles. The van der Waals surface area contributed by atoms with Gasteiger partial charge in [-0.3, -0.25) is 0 Å². The molecule has 0 radical (unpaired) electrons. The number of piperidine rings is 1. The molecule has 0 unspecified atom stereocenters. The Bertz CT molecular complexity index is 409. The van der Waals surface area contributed by atoms with Crippen LogP contribution in [0.5, 0.6) is 0 Å². The molecule has 2 rings (SSSR count). The fraction of sp³-hybridized carbons (Fsp3) is 0.538. The predicted octanol–water partition coefficient (Wildman–Crippen LogP) is 2.70. The molecular formula is C13H18Cl2N2O2. The molecule has 4 nitrogen and oxygen atoms in total. The van der Waals surface area contributed by atoms with Crippen molar-refractivity contribution in [2.75, 3.05) is 19.7 Å². The van der Waals surface area contributed by atoms with E-state index in [9.17, 15) is 4.79 Å². The van der Waals surface area contributed by atoms with E-state index in [1.165, 1.54) is 12.3 Å². The molecule has 1 N–H and O–H groups in total. The van der Waals surface area contributed by atoms with E-state index in [0.29, 0.717) is 17.5 Å². The molecule has 1 aliphatic heterocycles. The van der Waals surface area contributed by atoms with E-state index >= 15 is 0 Å². The van der Waals surface area contributed by atoms with Gasteiger partial charge < -0.3 is 10.1 Å². The Balaban J connectivity index is 0.00000180. The van der Waals surface area contributed by atoms with E-state index in [4.69, 9.17) is 16.3 Å². The minimum absolute atomic E-state index is 0. The van der Waals surface area contributed by atoms with Crippen molar-refractivity contribution in [3.05, 3.63) is 29.0 Å². The fourth-order valence-electron chi connectivity index (χ4n) is 2.08. The highest BCUT2D eigenvalue weighted by atomic mass is 35.5. The Morgan fingerprint density at radius 3 is 2.89 bits per heavy atom. The van der Waals surface area contributed by atoms with Crippen molar-refractivity contribution < 1.29 is 9.53 Å². The number of carbonyl (C=O) groups is 1. The lowest BCUT2D eigenvalue weighted by Crippen LogP contribution is -2.28. The van der Waals surface area contributed by atoms with E-state index in [0.717, 1.165) is 32.4 Å². The van der Waals surface area contributed by atoms with Crippen LogP contribution in [0, 0.1) is 5.92 Å². The number of hydrogen-bond donors (Lipinski definition) is 1. The van der Waals surface area contributed by atoms with Crippen LogP contribution in [-0.4, -0.2) is 30.6 Å². The maximum absolute atomic E-state index is 11.7. The molecule has 0 aliphatic carbocycles. The number of aromatic nitrogens is 1. The van der Waals surface area contributed by atoms with E-state index < -0.39 is 5.97 Å². The first-order valence-corrected chi connectivity index (χ1v) is 6.63. The predicted molar refractivity (Wildman–Crippen MR) is 77.0 cm³/mol. The molecular weight excluding hydrogens is 287 g/mol. The first kappa shape index (κ1) is 16.2. The van der Waals surface area contributed by atoms with Crippen molar-refractivity contribution in [1.82, 2.24) is 10.3 Å². The number of carbonyl (C=O) groups excluding carboxylic acids is 1. The van der Waals surface area contributed by atoms with Gasteiger partial charge in [-0.1, -0.05) is 11.6 Å². The molecule has 0 bridgehead atoms. The molecule has 1 aliphatic rings. The molecule has 1 fully saturated rings. The van der Waals surface area contributed by atoms with Gasteiger partial charge in [0.1, 0.15) is 5.69 Å². The summed E-state index contributed by atoms with van der Waals surface area (Å²) >= 11 is 5.79. The molecule has 0 saturated carbocycles. The summed E-state index contributed by atoms with van der Waals surface area (Å²) in [5.41, 5.74) is 0.271. The molecule has 106 valence electrons. The van der Waals surface area contributed by atoms with Crippen LogP contribution in [0.15, 0.2) is 18.3 Å². The lowest BCUT2D eigenvalue weighted by Gasteiger charge is -2.22. The minimum atomic E-state index is -0.397. The highest BCUT2D eigenvalue weighted by molar-refractivity contribution is 6.30. The zero-order valence-corrected chi connectivity index (χ0v) is 12.2. The Labute approximate surface area is 124 Å². The molecule has 0 atom stereocenters. The summed E-state index contributed by atoms with van der Waals surface area (Å²) in [6.45, 7) is 2.58. The van der Waals surface area contributed by atoms with E-state index in [2.05, 4.69) is 10.3 Å². The average Bonchev–Trinajstić information content (AvgIpc) is 2.40. The largest absolute Gasteiger partial charge is 0.461 e. The van der Waals surface area contributed by atoms with Crippen LogP contribution >= 0.6 is 24.0 Å². The number of hydrogen-bond acceptors (Lipinski definition) is 4. The molecule has 19 heavy (non-hydrogen) atoms. The Hall–Kier alpha value is -0.840. The van der Waals surface area contributed by atoms with Crippen molar-refractivity contribution in [3.63, 3.8) is 0 Å². The summed E-state index contributed by atoms with van der Waals surface area (Å²) < 4.78 is 5.21. The summed E-state index contributed by atoms with van der Waals surface area (Å²) in [5, 5.41) is 3.81. The highest BCUT2D eigenvalue weighted by Crippen LogP contribution is 2.16. The molecule has 6 heteroatoms. The lowest BCUT2D eigenvalue weighted by molar-refractivity contribution is 0.0469. The Morgan fingerprint density at radius 1 is 1.47 bits per heavy atom. The summed E-state index contributed by atoms with van der Waals surface area (Å²) in [6, 6.07) is 3.15. The SMILES string of the molecule is Cl.O=C(OCCC1CCNCC1)c1cc(Cl)ccn1. The number of rotatable bonds is 4. The van der Waals surface area contributed by atoms with Crippen LogP contribution in [-0.2, 0) is 4.74 Å². The van der Waals surface area contributed by atoms with Crippen molar-refractivity contribution in [2.24, 2.45) is 5.92 Å². The first-order chi connectivity index (χ1) is 8.75. The van der Waals surface area contributed by atoms with Gasteiger partial charge in [0.2, 0.25) is 0 Å².